The SMILES string of the molecule is CCCCCCCCn1ccnc1CC.Cl. The van der Waals surface area contributed by atoms with Gasteiger partial charge in [0.15, 0.2) is 0 Å². The summed E-state index contributed by atoms with van der Waals surface area (Å²) in [4.78, 5) is 4.33. The number of halogens is 1. The number of aromatic nitrogens is 2. The van der Waals surface area contributed by atoms with Crippen LogP contribution >= 0.6 is 12.4 Å². The van der Waals surface area contributed by atoms with E-state index >= 15 is 0 Å². The van der Waals surface area contributed by atoms with Crippen LogP contribution in [0, 0.1) is 0 Å². The molecule has 0 atom stereocenters. The predicted molar refractivity (Wildman–Crippen MR) is 72.2 cm³/mol. The van der Waals surface area contributed by atoms with Crippen molar-refractivity contribution in [2.75, 3.05) is 0 Å². The highest BCUT2D eigenvalue weighted by atomic mass is 35.5. The Morgan fingerprint density at radius 2 is 1.75 bits per heavy atom. The lowest BCUT2D eigenvalue weighted by Crippen LogP contribution is -2.01. The topological polar surface area (TPSA) is 17.8 Å². The lowest BCUT2D eigenvalue weighted by Gasteiger charge is -2.05. The minimum atomic E-state index is 0. The van der Waals surface area contributed by atoms with Crippen molar-refractivity contribution in [3.05, 3.63) is 18.2 Å². The van der Waals surface area contributed by atoms with E-state index in [2.05, 4.69) is 29.6 Å². The molecule has 94 valence electrons. The van der Waals surface area contributed by atoms with Gasteiger partial charge in [0.2, 0.25) is 0 Å². The molecule has 0 aliphatic heterocycles. The maximum atomic E-state index is 4.33. The van der Waals surface area contributed by atoms with Gasteiger partial charge in [-0.3, -0.25) is 0 Å². The van der Waals surface area contributed by atoms with Crippen molar-refractivity contribution >= 4 is 12.4 Å². The Bertz CT molecular complexity index is 258. The molecule has 0 saturated heterocycles. The van der Waals surface area contributed by atoms with E-state index in [1.807, 2.05) is 6.20 Å². The summed E-state index contributed by atoms with van der Waals surface area (Å²) in [6.07, 6.45) is 13.2. The first-order valence-electron chi connectivity index (χ1n) is 6.38. The van der Waals surface area contributed by atoms with Gasteiger partial charge in [-0.1, -0.05) is 46.0 Å². The molecule has 0 saturated carbocycles. The largest absolute Gasteiger partial charge is 0.335 e. The van der Waals surface area contributed by atoms with E-state index < -0.39 is 0 Å². The van der Waals surface area contributed by atoms with E-state index in [-0.39, 0.29) is 12.4 Å². The van der Waals surface area contributed by atoms with Gasteiger partial charge >= 0.3 is 0 Å². The smallest absolute Gasteiger partial charge is 0.108 e. The minimum absolute atomic E-state index is 0. The van der Waals surface area contributed by atoms with Crippen LogP contribution in [-0.4, -0.2) is 9.55 Å². The van der Waals surface area contributed by atoms with Gasteiger partial charge in [0.25, 0.3) is 0 Å². The molecule has 1 rings (SSSR count). The lowest BCUT2D eigenvalue weighted by molar-refractivity contribution is 0.547. The Morgan fingerprint density at radius 1 is 1.06 bits per heavy atom. The first-order chi connectivity index (χ1) is 7.38. The summed E-state index contributed by atoms with van der Waals surface area (Å²) in [5, 5.41) is 0. The minimum Gasteiger partial charge on any atom is -0.335 e. The Balaban J connectivity index is 0.00000225. The molecule has 0 radical (unpaired) electrons. The highest BCUT2D eigenvalue weighted by Crippen LogP contribution is 2.07. The molecule has 0 aromatic carbocycles. The van der Waals surface area contributed by atoms with Crippen molar-refractivity contribution in [3.63, 3.8) is 0 Å². The third kappa shape index (κ3) is 5.55. The second kappa shape index (κ2) is 9.71. The monoisotopic (exact) mass is 244 g/mol. The van der Waals surface area contributed by atoms with E-state index in [0.717, 1.165) is 13.0 Å². The van der Waals surface area contributed by atoms with Crippen LogP contribution in [0.25, 0.3) is 0 Å². The Hall–Kier alpha value is -0.500. The molecule has 0 bridgehead atoms. The molecule has 0 aliphatic carbocycles. The zero-order valence-corrected chi connectivity index (χ0v) is 11.4. The number of hydrogen-bond acceptors (Lipinski definition) is 1. The molecule has 0 aliphatic rings. The van der Waals surface area contributed by atoms with Gasteiger partial charge in [0.05, 0.1) is 0 Å². The third-order valence-corrected chi connectivity index (χ3v) is 2.87. The highest BCUT2D eigenvalue weighted by molar-refractivity contribution is 5.85. The third-order valence-electron chi connectivity index (χ3n) is 2.87. The standard InChI is InChI=1S/C13H24N2.ClH/c1-3-5-6-7-8-9-11-15-12-10-14-13(15)4-2;/h10,12H,3-9,11H2,1-2H3;1H. The summed E-state index contributed by atoms with van der Waals surface area (Å²) in [5.74, 6) is 1.23. The van der Waals surface area contributed by atoms with E-state index in [1.165, 1.54) is 44.3 Å². The Labute approximate surface area is 106 Å². The molecule has 0 spiro atoms. The second-order valence-electron chi connectivity index (χ2n) is 4.16. The number of hydrogen-bond donors (Lipinski definition) is 0. The molecule has 3 heteroatoms. The van der Waals surface area contributed by atoms with Crippen LogP contribution in [0.2, 0.25) is 0 Å². The Kier molecular flexibility index (Phi) is 9.40. The van der Waals surface area contributed by atoms with Gasteiger partial charge in [-0.25, -0.2) is 4.98 Å². The van der Waals surface area contributed by atoms with Crippen molar-refractivity contribution in [2.45, 2.75) is 65.3 Å². The summed E-state index contributed by atoms with van der Waals surface area (Å²) >= 11 is 0. The fourth-order valence-electron chi connectivity index (χ4n) is 1.92. The number of imidazole rings is 1. The van der Waals surface area contributed by atoms with Crippen LogP contribution in [0.15, 0.2) is 12.4 Å². The molecular formula is C13H25ClN2. The van der Waals surface area contributed by atoms with Crippen molar-refractivity contribution < 1.29 is 0 Å². The summed E-state index contributed by atoms with van der Waals surface area (Å²) in [5.41, 5.74) is 0. The number of rotatable bonds is 8. The quantitative estimate of drug-likeness (QED) is 0.626. The average Bonchev–Trinajstić information content (AvgIpc) is 2.70. The van der Waals surface area contributed by atoms with Crippen LogP contribution in [0.4, 0.5) is 0 Å². The van der Waals surface area contributed by atoms with Gasteiger partial charge < -0.3 is 4.57 Å². The molecule has 16 heavy (non-hydrogen) atoms. The Morgan fingerprint density at radius 3 is 2.44 bits per heavy atom. The first kappa shape index (κ1) is 15.5. The molecule has 0 amide bonds. The zero-order valence-electron chi connectivity index (χ0n) is 10.6. The fraction of sp³-hybridized carbons (Fsp3) is 0.769. The molecule has 0 fully saturated rings. The van der Waals surface area contributed by atoms with E-state index in [0.29, 0.717) is 0 Å². The first-order valence-corrected chi connectivity index (χ1v) is 6.38. The molecule has 1 heterocycles. The van der Waals surface area contributed by atoms with Gasteiger partial charge in [-0.15, -0.1) is 12.4 Å². The number of nitrogens with zero attached hydrogens (tertiary/aromatic N) is 2. The normalized spacial score (nSPS) is 10.1. The summed E-state index contributed by atoms with van der Waals surface area (Å²) in [6.45, 7) is 5.58. The van der Waals surface area contributed by atoms with E-state index in [4.69, 9.17) is 0 Å². The van der Waals surface area contributed by atoms with Crippen molar-refractivity contribution in [2.24, 2.45) is 0 Å². The van der Waals surface area contributed by atoms with Crippen LogP contribution in [-0.2, 0) is 13.0 Å². The molecule has 1 aromatic rings. The summed E-state index contributed by atoms with van der Waals surface area (Å²) in [6, 6.07) is 0. The van der Waals surface area contributed by atoms with Gasteiger partial charge in [-0.2, -0.15) is 0 Å². The maximum absolute atomic E-state index is 4.33. The highest BCUT2D eigenvalue weighted by Gasteiger charge is 1.98. The summed E-state index contributed by atoms with van der Waals surface area (Å²) < 4.78 is 2.29. The van der Waals surface area contributed by atoms with Gasteiger partial charge in [-0.05, 0) is 6.42 Å². The zero-order chi connectivity index (χ0) is 10.9. The van der Waals surface area contributed by atoms with Gasteiger partial charge in [0, 0.05) is 25.4 Å². The van der Waals surface area contributed by atoms with Crippen molar-refractivity contribution in [1.29, 1.82) is 0 Å². The maximum Gasteiger partial charge on any atom is 0.108 e. The molecule has 1 aromatic heterocycles. The molecule has 0 N–H and O–H groups in total. The molecule has 2 nitrogen and oxygen atoms in total. The molecular weight excluding hydrogens is 220 g/mol. The number of unbranched alkanes of at least 4 members (excludes halogenated alkanes) is 5. The fourth-order valence-corrected chi connectivity index (χ4v) is 1.92. The van der Waals surface area contributed by atoms with Crippen LogP contribution in [0.5, 0.6) is 0 Å². The predicted octanol–water partition coefficient (Wildman–Crippen LogP) is 4.23. The van der Waals surface area contributed by atoms with Gasteiger partial charge in [0.1, 0.15) is 5.82 Å². The molecule has 0 unspecified atom stereocenters. The van der Waals surface area contributed by atoms with Crippen LogP contribution in [0.1, 0.15) is 58.2 Å². The van der Waals surface area contributed by atoms with Crippen molar-refractivity contribution in [3.8, 4) is 0 Å². The van der Waals surface area contributed by atoms with Crippen LogP contribution in [0.3, 0.4) is 0 Å². The summed E-state index contributed by atoms with van der Waals surface area (Å²) in [7, 11) is 0. The van der Waals surface area contributed by atoms with Crippen LogP contribution < -0.4 is 0 Å². The lowest BCUT2D eigenvalue weighted by atomic mass is 10.1. The van der Waals surface area contributed by atoms with Crippen molar-refractivity contribution in [1.82, 2.24) is 9.55 Å². The van der Waals surface area contributed by atoms with E-state index in [9.17, 15) is 0 Å². The van der Waals surface area contributed by atoms with E-state index in [1.54, 1.807) is 0 Å². The second-order valence-corrected chi connectivity index (χ2v) is 4.16. The average molecular weight is 245 g/mol. The number of aryl methyl sites for hydroxylation is 2.